The summed E-state index contributed by atoms with van der Waals surface area (Å²) < 4.78 is 28.3. The molecule has 0 radical (unpaired) electrons. The highest BCUT2D eigenvalue weighted by molar-refractivity contribution is 14.1. The SMILES string of the molecule is O=C(O)c1cc(I)ccc1NS(=O)(=O)c1ccc(Br)cc1. The Labute approximate surface area is 143 Å². The molecule has 110 valence electrons. The number of nitrogens with one attached hydrogen (secondary N) is 1. The van der Waals surface area contributed by atoms with Crippen LogP contribution in [0.2, 0.25) is 0 Å². The molecule has 2 aromatic carbocycles. The summed E-state index contributed by atoms with van der Waals surface area (Å²) in [6.45, 7) is 0. The molecule has 0 aliphatic rings. The summed E-state index contributed by atoms with van der Waals surface area (Å²) >= 11 is 5.19. The average molecular weight is 482 g/mol. The predicted octanol–water partition coefficient (Wildman–Crippen LogP) is 3.55. The summed E-state index contributed by atoms with van der Waals surface area (Å²) in [5.74, 6) is -1.19. The van der Waals surface area contributed by atoms with Crippen LogP contribution in [-0.4, -0.2) is 19.5 Å². The van der Waals surface area contributed by atoms with Crippen LogP contribution in [-0.2, 0) is 10.0 Å². The summed E-state index contributed by atoms with van der Waals surface area (Å²) in [5, 5.41) is 9.15. The van der Waals surface area contributed by atoms with Crippen molar-refractivity contribution in [3.8, 4) is 0 Å². The van der Waals surface area contributed by atoms with Crippen molar-refractivity contribution < 1.29 is 18.3 Å². The Kier molecular flexibility index (Phi) is 4.89. The van der Waals surface area contributed by atoms with Crippen LogP contribution < -0.4 is 4.72 Å². The third kappa shape index (κ3) is 3.95. The van der Waals surface area contributed by atoms with Crippen LogP contribution in [0.5, 0.6) is 0 Å². The number of anilines is 1. The summed E-state index contributed by atoms with van der Waals surface area (Å²) in [6, 6.07) is 10.5. The fraction of sp³-hybridized carbons (Fsp3) is 0. The van der Waals surface area contributed by atoms with Gasteiger partial charge in [-0.3, -0.25) is 4.72 Å². The van der Waals surface area contributed by atoms with Gasteiger partial charge in [0, 0.05) is 8.04 Å². The van der Waals surface area contributed by atoms with Crippen molar-refractivity contribution in [3.63, 3.8) is 0 Å². The first-order chi connectivity index (χ1) is 9.79. The second-order valence-corrected chi connectivity index (χ2v) is 7.90. The summed E-state index contributed by atoms with van der Waals surface area (Å²) in [5.41, 5.74) is -0.0616. The predicted molar refractivity (Wildman–Crippen MR) is 91.1 cm³/mol. The van der Waals surface area contributed by atoms with Gasteiger partial charge in [0.05, 0.1) is 16.1 Å². The number of hydrogen-bond donors (Lipinski definition) is 2. The van der Waals surface area contributed by atoms with Crippen LogP contribution in [0.3, 0.4) is 0 Å². The zero-order chi connectivity index (χ0) is 15.6. The van der Waals surface area contributed by atoms with E-state index >= 15 is 0 Å². The Morgan fingerprint density at radius 2 is 1.76 bits per heavy atom. The van der Waals surface area contributed by atoms with Crippen molar-refractivity contribution in [1.29, 1.82) is 0 Å². The quantitative estimate of drug-likeness (QED) is 0.654. The Morgan fingerprint density at radius 1 is 1.14 bits per heavy atom. The van der Waals surface area contributed by atoms with Crippen LogP contribution in [0, 0.1) is 3.57 Å². The molecule has 0 spiro atoms. The lowest BCUT2D eigenvalue weighted by Crippen LogP contribution is -2.15. The fourth-order valence-electron chi connectivity index (χ4n) is 1.60. The molecular weight excluding hydrogens is 473 g/mol. The van der Waals surface area contributed by atoms with E-state index in [4.69, 9.17) is 5.11 Å². The second-order valence-electron chi connectivity index (χ2n) is 4.05. The molecule has 0 fully saturated rings. The van der Waals surface area contributed by atoms with E-state index in [9.17, 15) is 13.2 Å². The zero-order valence-electron chi connectivity index (χ0n) is 10.4. The van der Waals surface area contributed by atoms with Crippen LogP contribution >= 0.6 is 38.5 Å². The van der Waals surface area contributed by atoms with Crippen molar-refractivity contribution in [2.24, 2.45) is 0 Å². The molecule has 2 aromatic rings. The van der Waals surface area contributed by atoms with Crippen molar-refractivity contribution >= 4 is 60.2 Å². The first kappa shape index (κ1) is 16.2. The van der Waals surface area contributed by atoms with E-state index in [-0.39, 0.29) is 16.1 Å². The molecular formula is C13H9BrINO4S. The van der Waals surface area contributed by atoms with Gasteiger partial charge in [-0.05, 0) is 65.1 Å². The van der Waals surface area contributed by atoms with Gasteiger partial charge >= 0.3 is 5.97 Å². The second kappa shape index (κ2) is 6.32. The van der Waals surface area contributed by atoms with E-state index in [0.717, 1.165) is 4.47 Å². The largest absolute Gasteiger partial charge is 0.478 e. The first-order valence-corrected chi connectivity index (χ1v) is 8.96. The molecule has 8 heteroatoms. The number of carboxylic acids is 1. The van der Waals surface area contributed by atoms with Crippen LogP contribution in [0.4, 0.5) is 5.69 Å². The van der Waals surface area contributed by atoms with Gasteiger partial charge in [0.2, 0.25) is 0 Å². The molecule has 0 aliphatic heterocycles. The molecule has 0 bridgehead atoms. The minimum absolute atomic E-state index is 0.0332. The number of halogens is 2. The third-order valence-electron chi connectivity index (χ3n) is 2.58. The van der Waals surface area contributed by atoms with Gasteiger partial charge < -0.3 is 5.11 Å². The van der Waals surface area contributed by atoms with Gasteiger partial charge in [-0.1, -0.05) is 15.9 Å². The van der Waals surface area contributed by atoms with E-state index < -0.39 is 16.0 Å². The molecule has 0 aliphatic carbocycles. The third-order valence-corrected chi connectivity index (χ3v) is 5.16. The van der Waals surface area contributed by atoms with Crippen molar-refractivity contribution in [1.82, 2.24) is 0 Å². The monoisotopic (exact) mass is 481 g/mol. The Morgan fingerprint density at radius 3 is 2.33 bits per heavy atom. The zero-order valence-corrected chi connectivity index (χ0v) is 14.9. The summed E-state index contributed by atoms with van der Waals surface area (Å²) in [4.78, 5) is 11.3. The number of carbonyl (C=O) groups is 1. The van der Waals surface area contributed by atoms with E-state index in [0.29, 0.717) is 3.57 Å². The molecule has 5 nitrogen and oxygen atoms in total. The Balaban J connectivity index is 2.41. The average Bonchev–Trinajstić information content (AvgIpc) is 2.41. The smallest absolute Gasteiger partial charge is 0.337 e. The molecule has 0 heterocycles. The highest BCUT2D eigenvalue weighted by Crippen LogP contribution is 2.23. The van der Waals surface area contributed by atoms with Crippen molar-refractivity contribution in [2.45, 2.75) is 4.90 Å². The minimum Gasteiger partial charge on any atom is -0.478 e. The van der Waals surface area contributed by atoms with Crippen LogP contribution in [0.25, 0.3) is 0 Å². The molecule has 0 amide bonds. The number of aromatic carboxylic acids is 1. The fourth-order valence-corrected chi connectivity index (χ4v) is 3.44. The number of hydrogen-bond acceptors (Lipinski definition) is 3. The molecule has 0 saturated heterocycles. The highest BCUT2D eigenvalue weighted by Gasteiger charge is 2.18. The normalized spacial score (nSPS) is 11.1. The van der Waals surface area contributed by atoms with E-state index in [2.05, 4.69) is 20.7 Å². The van der Waals surface area contributed by atoms with Crippen molar-refractivity contribution in [2.75, 3.05) is 4.72 Å². The van der Waals surface area contributed by atoms with Gasteiger partial charge in [-0.15, -0.1) is 0 Å². The van der Waals surface area contributed by atoms with E-state index in [1.54, 1.807) is 18.2 Å². The van der Waals surface area contributed by atoms with Gasteiger partial charge in [-0.2, -0.15) is 0 Å². The van der Waals surface area contributed by atoms with E-state index in [1.807, 2.05) is 22.6 Å². The highest BCUT2D eigenvalue weighted by atomic mass is 127. The molecule has 0 saturated carbocycles. The maximum atomic E-state index is 12.3. The lowest BCUT2D eigenvalue weighted by atomic mass is 10.2. The van der Waals surface area contributed by atoms with Gasteiger partial charge in [-0.25, -0.2) is 13.2 Å². The maximum Gasteiger partial charge on any atom is 0.337 e. The molecule has 0 unspecified atom stereocenters. The summed E-state index contributed by atoms with van der Waals surface area (Å²) in [6.07, 6.45) is 0. The van der Waals surface area contributed by atoms with Crippen molar-refractivity contribution in [3.05, 3.63) is 56.1 Å². The van der Waals surface area contributed by atoms with Gasteiger partial charge in [0.15, 0.2) is 0 Å². The number of carboxylic acid groups (broad SMARTS) is 1. The Hall–Kier alpha value is -1.13. The molecule has 21 heavy (non-hydrogen) atoms. The van der Waals surface area contributed by atoms with E-state index in [1.165, 1.54) is 24.3 Å². The van der Waals surface area contributed by atoms with Crippen LogP contribution in [0.15, 0.2) is 51.8 Å². The molecule has 0 atom stereocenters. The lowest BCUT2D eigenvalue weighted by Gasteiger charge is -2.11. The number of rotatable bonds is 4. The molecule has 0 aromatic heterocycles. The maximum absolute atomic E-state index is 12.3. The van der Waals surface area contributed by atoms with Crippen LogP contribution in [0.1, 0.15) is 10.4 Å². The molecule has 2 rings (SSSR count). The standard InChI is InChI=1S/C13H9BrINO4S/c14-8-1-4-10(5-2-8)21(19,20)16-12-6-3-9(15)7-11(12)13(17)18/h1-7,16H,(H,17,18). The number of benzene rings is 2. The minimum atomic E-state index is -3.84. The molecule has 2 N–H and O–H groups in total. The first-order valence-electron chi connectivity index (χ1n) is 5.61. The number of sulfonamides is 1. The topological polar surface area (TPSA) is 83.5 Å². The Bertz CT molecular complexity index is 790. The lowest BCUT2D eigenvalue weighted by molar-refractivity contribution is 0.0698. The van der Waals surface area contributed by atoms with Gasteiger partial charge in [0.25, 0.3) is 10.0 Å². The summed E-state index contributed by atoms with van der Waals surface area (Å²) in [7, 11) is -3.84. The van der Waals surface area contributed by atoms with Gasteiger partial charge in [0.1, 0.15) is 0 Å².